The largest absolute Gasteiger partial charge is 0.324 e. The molecule has 8 heteroatoms. The van der Waals surface area contributed by atoms with Crippen molar-refractivity contribution in [2.75, 3.05) is 5.32 Å². The highest BCUT2D eigenvalue weighted by Gasteiger charge is 2.12. The predicted molar refractivity (Wildman–Crippen MR) is 105 cm³/mol. The van der Waals surface area contributed by atoms with Crippen LogP contribution in [0.1, 0.15) is 11.1 Å². The number of nitro benzene ring substituents is 1. The van der Waals surface area contributed by atoms with Crippen molar-refractivity contribution in [3.05, 3.63) is 86.5 Å². The van der Waals surface area contributed by atoms with Gasteiger partial charge in [0.1, 0.15) is 6.54 Å². The third kappa shape index (κ3) is 4.29. The maximum atomic E-state index is 12.3. The first-order valence-corrected chi connectivity index (χ1v) is 8.52. The molecule has 0 aliphatic rings. The van der Waals surface area contributed by atoms with Crippen LogP contribution in [0.3, 0.4) is 0 Å². The summed E-state index contributed by atoms with van der Waals surface area (Å²) in [5.74, 6) is -0.476. The molecule has 0 bridgehead atoms. The topological polar surface area (TPSA) is 107 Å². The first kappa shape index (κ1) is 19.0. The number of non-ortho nitro benzene ring substituents is 1. The first-order valence-electron chi connectivity index (χ1n) is 8.52. The summed E-state index contributed by atoms with van der Waals surface area (Å²) in [5, 5.41) is 13.5. The second kappa shape index (κ2) is 7.83. The molecule has 0 saturated heterocycles. The number of nitro groups is 1. The van der Waals surface area contributed by atoms with Gasteiger partial charge in [-0.15, -0.1) is 0 Å². The van der Waals surface area contributed by atoms with Crippen molar-refractivity contribution in [1.29, 1.82) is 0 Å². The fourth-order valence-corrected chi connectivity index (χ4v) is 2.63. The summed E-state index contributed by atoms with van der Waals surface area (Å²) < 4.78 is 1.18. The molecule has 8 nitrogen and oxygen atoms in total. The Morgan fingerprint density at radius 3 is 2.50 bits per heavy atom. The quantitative estimate of drug-likeness (QED) is 0.542. The normalized spacial score (nSPS) is 10.5. The van der Waals surface area contributed by atoms with E-state index in [1.807, 2.05) is 31.2 Å². The van der Waals surface area contributed by atoms with Crippen LogP contribution in [0, 0.1) is 24.0 Å². The highest BCUT2D eigenvalue weighted by Crippen LogP contribution is 2.21. The lowest BCUT2D eigenvalue weighted by atomic mass is 10.1. The Balaban J connectivity index is 1.76. The molecule has 142 valence electrons. The number of benzene rings is 2. The summed E-state index contributed by atoms with van der Waals surface area (Å²) in [5.41, 5.74) is 2.96. The molecule has 1 amide bonds. The lowest BCUT2D eigenvalue weighted by Crippen LogP contribution is -2.27. The standard InChI is InChI=1S/C20H18N4O4/c1-13-3-6-15(7-4-13)18-10-20(26)23(12-21-18)11-19(25)22-17-9-16(24(27)28)8-5-14(17)2/h3-10,12H,11H2,1-2H3,(H,22,25). The van der Waals surface area contributed by atoms with Gasteiger partial charge in [-0.3, -0.25) is 24.3 Å². The van der Waals surface area contributed by atoms with Crippen molar-refractivity contribution in [1.82, 2.24) is 9.55 Å². The maximum absolute atomic E-state index is 12.3. The van der Waals surface area contributed by atoms with Gasteiger partial charge in [0.2, 0.25) is 5.91 Å². The third-order valence-corrected chi connectivity index (χ3v) is 4.25. The molecule has 1 aromatic heterocycles. The van der Waals surface area contributed by atoms with E-state index in [0.29, 0.717) is 16.9 Å². The van der Waals surface area contributed by atoms with Gasteiger partial charge in [0, 0.05) is 23.8 Å². The molecule has 0 spiro atoms. The van der Waals surface area contributed by atoms with E-state index < -0.39 is 10.8 Å². The van der Waals surface area contributed by atoms with E-state index >= 15 is 0 Å². The van der Waals surface area contributed by atoms with E-state index in [9.17, 15) is 19.7 Å². The van der Waals surface area contributed by atoms with Gasteiger partial charge in [-0.1, -0.05) is 35.9 Å². The Kier molecular flexibility index (Phi) is 5.30. The average Bonchev–Trinajstić information content (AvgIpc) is 2.65. The Morgan fingerprint density at radius 2 is 1.86 bits per heavy atom. The van der Waals surface area contributed by atoms with Crippen LogP contribution in [-0.2, 0) is 11.3 Å². The summed E-state index contributed by atoms with van der Waals surface area (Å²) in [7, 11) is 0. The first-order chi connectivity index (χ1) is 13.3. The molecule has 0 radical (unpaired) electrons. The molecule has 0 fully saturated rings. The lowest BCUT2D eigenvalue weighted by Gasteiger charge is -2.10. The van der Waals surface area contributed by atoms with Gasteiger partial charge in [0.05, 0.1) is 22.6 Å². The lowest BCUT2D eigenvalue weighted by molar-refractivity contribution is -0.384. The highest BCUT2D eigenvalue weighted by molar-refractivity contribution is 5.91. The third-order valence-electron chi connectivity index (χ3n) is 4.25. The van der Waals surface area contributed by atoms with Crippen molar-refractivity contribution >= 4 is 17.3 Å². The van der Waals surface area contributed by atoms with Gasteiger partial charge in [0.15, 0.2) is 0 Å². The number of aryl methyl sites for hydroxylation is 2. The Morgan fingerprint density at radius 1 is 1.14 bits per heavy atom. The van der Waals surface area contributed by atoms with E-state index in [1.54, 1.807) is 13.0 Å². The zero-order valence-corrected chi connectivity index (χ0v) is 15.4. The minimum Gasteiger partial charge on any atom is -0.324 e. The second-order valence-corrected chi connectivity index (χ2v) is 6.41. The number of amides is 1. The minimum absolute atomic E-state index is 0.123. The number of anilines is 1. The van der Waals surface area contributed by atoms with E-state index in [2.05, 4.69) is 10.3 Å². The van der Waals surface area contributed by atoms with Crippen LogP contribution in [0.15, 0.2) is 59.7 Å². The molecule has 3 rings (SSSR count). The zero-order valence-electron chi connectivity index (χ0n) is 15.4. The molecule has 0 aliphatic heterocycles. The van der Waals surface area contributed by atoms with Gasteiger partial charge in [-0.2, -0.15) is 0 Å². The van der Waals surface area contributed by atoms with Crippen LogP contribution in [0.2, 0.25) is 0 Å². The molecule has 1 N–H and O–H groups in total. The van der Waals surface area contributed by atoms with Crippen molar-refractivity contribution in [3.8, 4) is 11.3 Å². The Hall–Kier alpha value is -3.81. The van der Waals surface area contributed by atoms with Crippen LogP contribution in [0.25, 0.3) is 11.3 Å². The zero-order chi connectivity index (χ0) is 20.3. The Labute approximate surface area is 160 Å². The fourth-order valence-electron chi connectivity index (χ4n) is 2.63. The summed E-state index contributed by atoms with van der Waals surface area (Å²) in [6.45, 7) is 3.45. The summed E-state index contributed by atoms with van der Waals surface area (Å²) in [6.07, 6.45) is 1.32. The second-order valence-electron chi connectivity index (χ2n) is 6.41. The van der Waals surface area contributed by atoms with E-state index in [-0.39, 0.29) is 17.8 Å². The van der Waals surface area contributed by atoms with Crippen LogP contribution < -0.4 is 10.9 Å². The number of hydrogen-bond acceptors (Lipinski definition) is 5. The minimum atomic E-state index is -0.534. The summed E-state index contributed by atoms with van der Waals surface area (Å²) >= 11 is 0. The van der Waals surface area contributed by atoms with Crippen LogP contribution in [0.4, 0.5) is 11.4 Å². The smallest absolute Gasteiger partial charge is 0.271 e. The molecule has 2 aromatic carbocycles. The highest BCUT2D eigenvalue weighted by atomic mass is 16.6. The van der Waals surface area contributed by atoms with Gasteiger partial charge >= 0.3 is 0 Å². The molecule has 0 aliphatic carbocycles. The maximum Gasteiger partial charge on any atom is 0.271 e. The number of carbonyl (C=O) groups is 1. The van der Waals surface area contributed by atoms with Crippen LogP contribution in [0.5, 0.6) is 0 Å². The molecule has 1 heterocycles. The van der Waals surface area contributed by atoms with E-state index in [0.717, 1.165) is 11.1 Å². The van der Waals surface area contributed by atoms with Gasteiger partial charge in [-0.05, 0) is 19.4 Å². The fraction of sp³-hybridized carbons (Fsp3) is 0.150. The number of nitrogens with one attached hydrogen (secondary N) is 1. The molecule has 28 heavy (non-hydrogen) atoms. The summed E-state index contributed by atoms with van der Waals surface area (Å²) in [4.78, 5) is 39.2. The number of hydrogen-bond donors (Lipinski definition) is 1. The molecular formula is C20H18N4O4. The summed E-state index contributed by atoms with van der Waals surface area (Å²) in [6, 6.07) is 13.2. The van der Waals surface area contributed by atoms with Crippen molar-refractivity contribution in [3.63, 3.8) is 0 Å². The van der Waals surface area contributed by atoms with Gasteiger partial charge in [-0.25, -0.2) is 4.98 Å². The predicted octanol–water partition coefficient (Wildman–Crippen LogP) is 3.07. The number of carbonyl (C=O) groups excluding carboxylic acids is 1. The number of rotatable bonds is 5. The number of nitrogens with zero attached hydrogens (tertiary/aromatic N) is 3. The van der Waals surface area contributed by atoms with E-state index in [1.165, 1.54) is 29.1 Å². The average molecular weight is 378 g/mol. The molecule has 0 unspecified atom stereocenters. The number of aromatic nitrogens is 2. The van der Waals surface area contributed by atoms with E-state index in [4.69, 9.17) is 0 Å². The van der Waals surface area contributed by atoms with Crippen LogP contribution >= 0.6 is 0 Å². The van der Waals surface area contributed by atoms with Crippen LogP contribution in [-0.4, -0.2) is 20.4 Å². The SMILES string of the molecule is Cc1ccc(-c2cc(=O)n(CC(=O)Nc3cc([N+](=O)[O-])ccc3C)cn2)cc1. The van der Waals surface area contributed by atoms with Crippen molar-refractivity contribution < 1.29 is 9.72 Å². The Bertz CT molecular complexity index is 1100. The van der Waals surface area contributed by atoms with Crippen molar-refractivity contribution in [2.45, 2.75) is 20.4 Å². The van der Waals surface area contributed by atoms with Gasteiger partial charge < -0.3 is 5.32 Å². The van der Waals surface area contributed by atoms with Gasteiger partial charge in [0.25, 0.3) is 11.2 Å². The molecule has 3 aromatic rings. The molecular weight excluding hydrogens is 360 g/mol. The molecule has 0 atom stereocenters. The molecule has 0 saturated carbocycles. The monoisotopic (exact) mass is 378 g/mol. The van der Waals surface area contributed by atoms with Crippen molar-refractivity contribution in [2.24, 2.45) is 0 Å².